The van der Waals surface area contributed by atoms with Gasteiger partial charge in [0, 0.05) is 23.9 Å². The third-order valence-electron chi connectivity index (χ3n) is 2.61. The zero-order valence-corrected chi connectivity index (χ0v) is 10.6. The quantitative estimate of drug-likeness (QED) is 0.850. The maximum Gasteiger partial charge on any atom is 0.338 e. The molecule has 1 atom stereocenters. The number of hydrogen-bond acceptors (Lipinski definition) is 2. The number of anilines is 1. The Kier molecular flexibility index (Phi) is 3.34. The van der Waals surface area contributed by atoms with Gasteiger partial charge in [0.1, 0.15) is 5.82 Å². The van der Waals surface area contributed by atoms with Crippen molar-refractivity contribution in [3.8, 4) is 0 Å². The molecule has 1 heterocycles. The molecule has 2 rings (SSSR count). The Morgan fingerprint density at radius 3 is 2.61 bits per heavy atom. The summed E-state index contributed by atoms with van der Waals surface area (Å²) < 4.78 is 26.7. The second kappa shape index (κ2) is 4.64. The zero-order valence-electron chi connectivity index (χ0n) is 8.99. The van der Waals surface area contributed by atoms with E-state index in [0.717, 1.165) is 4.90 Å². The molecule has 0 radical (unpaired) electrons. The summed E-state index contributed by atoms with van der Waals surface area (Å²) >= 11 is 3.21. The number of hydrogen-bond donors (Lipinski definition) is 1. The van der Waals surface area contributed by atoms with Crippen LogP contribution < -0.4 is 4.90 Å². The lowest BCUT2D eigenvalue weighted by Gasteiger charge is -2.19. The highest BCUT2D eigenvalue weighted by Crippen LogP contribution is 2.31. The molecule has 96 valence electrons. The number of carbonyl (C=O) groups is 2. The van der Waals surface area contributed by atoms with E-state index in [1.54, 1.807) is 0 Å². The van der Waals surface area contributed by atoms with Gasteiger partial charge in [0.05, 0.1) is 11.3 Å². The van der Waals surface area contributed by atoms with E-state index in [-0.39, 0.29) is 23.5 Å². The predicted molar refractivity (Wildman–Crippen MR) is 63.0 cm³/mol. The molecule has 1 fully saturated rings. The van der Waals surface area contributed by atoms with Crippen LogP contribution in [0.3, 0.4) is 0 Å². The summed E-state index contributed by atoms with van der Waals surface area (Å²) in [5.74, 6) is -3.92. The number of alkyl halides is 1. The topological polar surface area (TPSA) is 57.6 Å². The molecule has 0 aliphatic carbocycles. The maximum atomic E-state index is 13.7. The van der Waals surface area contributed by atoms with Gasteiger partial charge in [-0.25, -0.2) is 13.6 Å². The van der Waals surface area contributed by atoms with E-state index in [2.05, 4.69) is 15.9 Å². The fourth-order valence-electron chi connectivity index (χ4n) is 1.88. The van der Waals surface area contributed by atoms with Crippen molar-refractivity contribution in [3.63, 3.8) is 0 Å². The van der Waals surface area contributed by atoms with Crippen molar-refractivity contribution in [2.24, 2.45) is 0 Å². The van der Waals surface area contributed by atoms with E-state index in [9.17, 15) is 18.4 Å². The highest BCUT2D eigenvalue weighted by molar-refractivity contribution is 9.09. The number of amides is 1. The Balaban J connectivity index is 2.56. The minimum Gasteiger partial charge on any atom is -0.478 e. The zero-order chi connectivity index (χ0) is 13.4. The van der Waals surface area contributed by atoms with Gasteiger partial charge in [0.25, 0.3) is 0 Å². The standard InChI is InChI=1S/C11H8BrF2NO3/c12-5-1-9(16)15(4-5)10-7(11(17)18)2-6(13)3-8(10)14/h2-3,5H,1,4H2,(H,17,18). The van der Waals surface area contributed by atoms with Crippen LogP contribution in [0.4, 0.5) is 14.5 Å². The van der Waals surface area contributed by atoms with Crippen LogP contribution in [0, 0.1) is 11.6 Å². The molecular weight excluding hydrogens is 312 g/mol. The van der Waals surface area contributed by atoms with E-state index in [0.29, 0.717) is 12.1 Å². The summed E-state index contributed by atoms with van der Waals surface area (Å²) in [6, 6.07) is 1.27. The van der Waals surface area contributed by atoms with E-state index in [4.69, 9.17) is 5.11 Å². The number of rotatable bonds is 2. The molecule has 1 aromatic rings. The molecule has 1 N–H and O–H groups in total. The van der Waals surface area contributed by atoms with Gasteiger partial charge in [-0.05, 0) is 6.07 Å². The molecule has 1 unspecified atom stereocenters. The smallest absolute Gasteiger partial charge is 0.338 e. The van der Waals surface area contributed by atoms with Crippen molar-refractivity contribution in [2.45, 2.75) is 11.2 Å². The first kappa shape index (κ1) is 12.9. The van der Waals surface area contributed by atoms with Gasteiger partial charge >= 0.3 is 5.97 Å². The molecule has 1 aromatic carbocycles. The van der Waals surface area contributed by atoms with Crippen molar-refractivity contribution in [3.05, 3.63) is 29.3 Å². The summed E-state index contributed by atoms with van der Waals surface area (Å²) in [6.07, 6.45) is 0.149. The second-order valence-corrected chi connectivity index (χ2v) is 5.19. The first-order chi connectivity index (χ1) is 8.40. The van der Waals surface area contributed by atoms with Crippen LogP contribution in [0.15, 0.2) is 12.1 Å². The predicted octanol–water partition coefficient (Wildman–Crippen LogP) is 2.16. The number of carbonyl (C=O) groups excluding carboxylic acids is 1. The SMILES string of the molecule is O=C(O)c1cc(F)cc(F)c1N1CC(Br)CC1=O. The normalized spacial score (nSPS) is 19.4. The summed E-state index contributed by atoms with van der Waals surface area (Å²) in [5.41, 5.74) is -0.932. The van der Waals surface area contributed by atoms with Crippen molar-refractivity contribution in [1.82, 2.24) is 0 Å². The van der Waals surface area contributed by atoms with Crippen LogP contribution in [-0.2, 0) is 4.79 Å². The highest BCUT2D eigenvalue weighted by atomic mass is 79.9. The van der Waals surface area contributed by atoms with Gasteiger partial charge in [0.2, 0.25) is 5.91 Å². The van der Waals surface area contributed by atoms with Crippen LogP contribution in [0.2, 0.25) is 0 Å². The fraction of sp³-hybridized carbons (Fsp3) is 0.273. The molecule has 0 saturated carbocycles. The average molecular weight is 320 g/mol. The van der Waals surface area contributed by atoms with Gasteiger partial charge in [-0.3, -0.25) is 4.79 Å². The molecule has 4 nitrogen and oxygen atoms in total. The molecule has 7 heteroatoms. The van der Waals surface area contributed by atoms with Crippen LogP contribution in [0.5, 0.6) is 0 Å². The van der Waals surface area contributed by atoms with Crippen molar-refractivity contribution in [1.29, 1.82) is 0 Å². The first-order valence-electron chi connectivity index (χ1n) is 5.07. The summed E-state index contributed by atoms with van der Waals surface area (Å²) in [7, 11) is 0. The molecule has 0 bridgehead atoms. The molecular formula is C11H8BrF2NO3. The Morgan fingerprint density at radius 2 is 2.11 bits per heavy atom. The molecule has 0 aromatic heterocycles. The third-order valence-corrected chi connectivity index (χ3v) is 3.22. The molecule has 1 amide bonds. The Bertz CT molecular complexity index is 535. The number of benzene rings is 1. The Morgan fingerprint density at radius 1 is 1.44 bits per heavy atom. The van der Waals surface area contributed by atoms with E-state index < -0.39 is 29.1 Å². The summed E-state index contributed by atoms with van der Waals surface area (Å²) in [5, 5.41) is 8.94. The molecule has 1 saturated heterocycles. The lowest BCUT2D eigenvalue weighted by Crippen LogP contribution is -2.28. The van der Waals surface area contributed by atoms with Gasteiger partial charge in [0.15, 0.2) is 5.82 Å². The maximum absolute atomic E-state index is 13.7. The molecule has 1 aliphatic rings. The van der Waals surface area contributed by atoms with Crippen LogP contribution in [-0.4, -0.2) is 28.4 Å². The Hall–Kier alpha value is -1.50. The molecule has 0 spiro atoms. The number of aromatic carboxylic acids is 1. The first-order valence-corrected chi connectivity index (χ1v) is 5.98. The minimum atomic E-state index is -1.48. The molecule has 18 heavy (non-hydrogen) atoms. The second-order valence-electron chi connectivity index (χ2n) is 3.89. The monoisotopic (exact) mass is 319 g/mol. The van der Waals surface area contributed by atoms with Crippen molar-refractivity contribution in [2.75, 3.05) is 11.4 Å². The number of halogens is 3. The lowest BCUT2D eigenvalue weighted by molar-refractivity contribution is -0.117. The minimum absolute atomic E-state index is 0.149. The largest absolute Gasteiger partial charge is 0.478 e. The van der Waals surface area contributed by atoms with Gasteiger partial charge < -0.3 is 10.0 Å². The van der Waals surface area contributed by atoms with Crippen molar-refractivity contribution >= 4 is 33.5 Å². The van der Waals surface area contributed by atoms with E-state index >= 15 is 0 Å². The van der Waals surface area contributed by atoms with E-state index in [1.807, 2.05) is 0 Å². The number of carboxylic acid groups (broad SMARTS) is 1. The van der Waals surface area contributed by atoms with Gasteiger partial charge in [-0.2, -0.15) is 0 Å². The average Bonchev–Trinajstić information content (AvgIpc) is 2.56. The van der Waals surface area contributed by atoms with Crippen LogP contribution >= 0.6 is 15.9 Å². The van der Waals surface area contributed by atoms with Crippen LogP contribution in [0.1, 0.15) is 16.8 Å². The third kappa shape index (κ3) is 2.22. The number of nitrogens with zero attached hydrogens (tertiary/aromatic N) is 1. The fourth-order valence-corrected chi connectivity index (χ4v) is 2.45. The Labute approximate surface area is 109 Å². The van der Waals surface area contributed by atoms with Gasteiger partial charge in [-0.15, -0.1) is 0 Å². The van der Waals surface area contributed by atoms with E-state index in [1.165, 1.54) is 0 Å². The molecule has 1 aliphatic heterocycles. The summed E-state index contributed by atoms with van der Waals surface area (Å²) in [4.78, 5) is 23.5. The summed E-state index contributed by atoms with van der Waals surface area (Å²) in [6.45, 7) is 0.154. The highest BCUT2D eigenvalue weighted by Gasteiger charge is 2.33. The van der Waals surface area contributed by atoms with Crippen LogP contribution in [0.25, 0.3) is 0 Å². The lowest BCUT2D eigenvalue weighted by atomic mass is 10.1. The van der Waals surface area contributed by atoms with Crippen molar-refractivity contribution < 1.29 is 23.5 Å². The number of carboxylic acids is 1. The van der Waals surface area contributed by atoms with Gasteiger partial charge in [-0.1, -0.05) is 15.9 Å².